The van der Waals surface area contributed by atoms with Crippen molar-refractivity contribution in [1.29, 1.82) is 0 Å². The van der Waals surface area contributed by atoms with Gasteiger partial charge in [0.05, 0.1) is 6.10 Å². The lowest BCUT2D eigenvalue weighted by Gasteiger charge is -2.34. The smallest absolute Gasteiger partial charge is 0.406 e. The van der Waals surface area contributed by atoms with Gasteiger partial charge in [0.25, 0.3) is 0 Å². The van der Waals surface area contributed by atoms with Crippen LogP contribution < -0.4 is 4.74 Å². The van der Waals surface area contributed by atoms with Crippen LogP contribution in [-0.2, 0) is 0 Å². The molecule has 3 unspecified atom stereocenters. The van der Waals surface area contributed by atoms with E-state index in [1.165, 1.54) is 30.7 Å². The van der Waals surface area contributed by atoms with E-state index in [9.17, 15) is 18.3 Å². The molecule has 21 heavy (non-hydrogen) atoms. The third-order valence-corrected chi connectivity index (χ3v) is 4.12. The number of benzene rings is 1. The van der Waals surface area contributed by atoms with Crippen LogP contribution in [0.4, 0.5) is 13.2 Å². The average Bonchev–Trinajstić information content (AvgIpc) is 2.35. The van der Waals surface area contributed by atoms with Crippen LogP contribution in [0, 0.1) is 17.8 Å². The Kier molecular flexibility index (Phi) is 4.81. The first-order valence-electron chi connectivity index (χ1n) is 7.28. The van der Waals surface area contributed by atoms with Gasteiger partial charge in [0.1, 0.15) is 5.75 Å². The maximum absolute atomic E-state index is 12.1. The van der Waals surface area contributed by atoms with Crippen LogP contribution in [0.3, 0.4) is 0 Å². The molecular formula is C16H21F3O2. The van der Waals surface area contributed by atoms with Crippen molar-refractivity contribution in [2.45, 2.75) is 45.6 Å². The van der Waals surface area contributed by atoms with E-state index < -0.39 is 12.5 Å². The number of alkyl halides is 3. The minimum absolute atomic E-state index is 0.165. The number of hydrogen-bond donors (Lipinski definition) is 1. The van der Waals surface area contributed by atoms with E-state index in [1.807, 2.05) is 0 Å². The van der Waals surface area contributed by atoms with Gasteiger partial charge >= 0.3 is 6.36 Å². The molecule has 0 aromatic heterocycles. The van der Waals surface area contributed by atoms with E-state index >= 15 is 0 Å². The molecule has 5 heteroatoms. The van der Waals surface area contributed by atoms with Crippen LogP contribution in [0.25, 0.3) is 0 Å². The first-order chi connectivity index (χ1) is 9.74. The highest BCUT2D eigenvalue weighted by molar-refractivity contribution is 5.29. The Hall–Kier alpha value is -1.23. The normalized spacial score (nSPS) is 28.2. The molecule has 0 amide bonds. The third kappa shape index (κ3) is 4.63. The highest BCUT2D eigenvalue weighted by Gasteiger charge is 2.32. The maximum Gasteiger partial charge on any atom is 0.573 e. The summed E-state index contributed by atoms with van der Waals surface area (Å²) >= 11 is 0. The van der Waals surface area contributed by atoms with Crippen LogP contribution in [0.1, 0.15) is 44.8 Å². The SMILES string of the molecule is CC1CC(C)CC(C(O)c2ccc(OC(F)(F)F)cc2)C1. The summed E-state index contributed by atoms with van der Waals surface area (Å²) in [6.07, 6.45) is -2.25. The lowest BCUT2D eigenvalue weighted by Crippen LogP contribution is -2.24. The first-order valence-corrected chi connectivity index (χ1v) is 7.28. The summed E-state index contributed by atoms with van der Waals surface area (Å²) in [5.41, 5.74) is 0.649. The van der Waals surface area contributed by atoms with Gasteiger partial charge in [-0.15, -0.1) is 13.2 Å². The zero-order chi connectivity index (χ0) is 15.6. The van der Waals surface area contributed by atoms with Crippen molar-refractivity contribution in [3.8, 4) is 5.75 Å². The predicted octanol–water partition coefficient (Wildman–Crippen LogP) is 4.69. The van der Waals surface area contributed by atoms with Gasteiger partial charge < -0.3 is 9.84 Å². The number of hydrogen-bond acceptors (Lipinski definition) is 2. The molecule has 118 valence electrons. The first kappa shape index (κ1) is 16.1. The number of rotatable bonds is 3. The van der Waals surface area contributed by atoms with Crippen LogP contribution >= 0.6 is 0 Å². The van der Waals surface area contributed by atoms with E-state index in [1.54, 1.807) is 0 Å². The summed E-state index contributed by atoms with van der Waals surface area (Å²) < 4.78 is 40.2. The molecule has 1 aromatic carbocycles. The molecule has 2 nitrogen and oxygen atoms in total. The molecule has 1 aromatic rings. The summed E-state index contributed by atoms with van der Waals surface area (Å²) in [4.78, 5) is 0. The van der Waals surface area contributed by atoms with Crippen molar-refractivity contribution in [3.05, 3.63) is 29.8 Å². The second kappa shape index (κ2) is 6.26. The highest BCUT2D eigenvalue weighted by Crippen LogP contribution is 2.40. The summed E-state index contributed by atoms with van der Waals surface area (Å²) in [5, 5.41) is 10.4. The topological polar surface area (TPSA) is 29.5 Å². The summed E-state index contributed by atoms with van der Waals surface area (Å²) in [7, 11) is 0. The summed E-state index contributed by atoms with van der Waals surface area (Å²) in [6, 6.07) is 5.52. The Labute approximate surface area is 122 Å². The molecule has 0 bridgehead atoms. The molecule has 0 heterocycles. The largest absolute Gasteiger partial charge is 0.573 e. The average molecular weight is 302 g/mol. The zero-order valence-corrected chi connectivity index (χ0v) is 12.2. The molecule has 0 saturated heterocycles. The zero-order valence-electron chi connectivity index (χ0n) is 12.2. The van der Waals surface area contributed by atoms with Crippen LogP contribution in [0.2, 0.25) is 0 Å². The lowest BCUT2D eigenvalue weighted by atomic mass is 9.73. The van der Waals surface area contributed by atoms with Gasteiger partial charge in [-0.05, 0) is 54.7 Å². The fourth-order valence-electron chi connectivity index (χ4n) is 3.41. The van der Waals surface area contributed by atoms with Gasteiger partial charge in [-0.1, -0.05) is 26.0 Å². The minimum Gasteiger partial charge on any atom is -0.406 e. The quantitative estimate of drug-likeness (QED) is 0.877. The standard InChI is InChI=1S/C16H21F3O2/c1-10-7-11(2)9-13(8-10)15(20)12-3-5-14(6-4-12)21-16(17,18)19/h3-6,10-11,13,15,20H,7-9H2,1-2H3. The van der Waals surface area contributed by atoms with Gasteiger partial charge in [-0.3, -0.25) is 0 Å². The highest BCUT2D eigenvalue weighted by atomic mass is 19.4. The van der Waals surface area contributed by atoms with Crippen molar-refractivity contribution in [1.82, 2.24) is 0 Å². The van der Waals surface area contributed by atoms with Crippen molar-refractivity contribution in [2.75, 3.05) is 0 Å². The molecule has 3 atom stereocenters. The molecular weight excluding hydrogens is 281 g/mol. The fraction of sp³-hybridized carbons (Fsp3) is 0.625. The minimum atomic E-state index is -4.69. The van der Waals surface area contributed by atoms with E-state index in [2.05, 4.69) is 18.6 Å². The molecule has 2 rings (SSSR count). The van der Waals surface area contributed by atoms with Crippen LogP contribution in [-0.4, -0.2) is 11.5 Å². The van der Waals surface area contributed by atoms with Crippen molar-refractivity contribution in [3.63, 3.8) is 0 Å². The number of halogens is 3. The maximum atomic E-state index is 12.1. The Morgan fingerprint density at radius 1 is 1.05 bits per heavy atom. The number of aliphatic hydroxyl groups excluding tert-OH is 1. The fourth-order valence-corrected chi connectivity index (χ4v) is 3.41. The Morgan fingerprint density at radius 3 is 2.05 bits per heavy atom. The van der Waals surface area contributed by atoms with E-state index in [0.717, 1.165) is 12.8 Å². The second-order valence-electron chi connectivity index (χ2n) is 6.24. The van der Waals surface area contributed by atoms with Crippen molar-refractivity contribution in [2.24, 2.45) is 17.8 Å². The van der Waals surface area contributed by atoms with Gasteiger partial charge in [-0.2, -0.15) is 0 Å². The van der Waals surface area contributed by atoms with E-state index in [4.69, 9.17) is 0 Å². The Morgan fingerprint density at radius 2 is 1.57 bits per heavy atom. The molecule has 1 aliphatic carbocycles. The molecule has 1 N–H and O–H groups in total. The summed E-state index contributed by atoms with van der Waals surface area (Å²) in [6.45, 7) is 4.35. The van der Waals surface area contributed by atoms with Crippen molar-refractivity contribution >= 4 is 0 Å². The van der Waals surface area contributed by atoms with Crippen LogP contribution in [0.15, 0.2) is 24.3 Å². The molecule has 1 aliphatic rings. The van der Waals surface area contributed by atoms with Crippen molar-refractivity contribution < 1.29 is 23.0 Å². The van der Waals surface area contributed by atoms with Gasteiger partial charge in [0.2, 0.25) is 0 Å². The number of ether oxygens (including phenoxy) is 1. The molecule has 1 saturated carbocycles. The monoisotopic (exact) mass is 302 g/mol. The van der Waals surface area contributed by atoms with Gasteiger partial charge in [0.15, 0.2) is 0 Å². The van der Waals surface area contributed by atoms with E-state index in [0.29, 0.717) is 17.4 Å². The Bertz CT molecular complexity index is 446. The van der Waals surface area contributed by atoms with Gasteiger partial charge in [0, 0.05) is 0 Å². The van der Waals surface area contributed by atoms with Crippen LogP contribution in [0.5, 0.6) is 5.75 Å². The van der Waals surface area contributed by atoms with Gasteiger partial charge in [-0.25, -0.2) is 0 Å². The predicted molar refractivity (Wildman–Crippen MR) is 73.8 cm³/mol. The Balaban J connectivity index is 2.04. The van der Waals surface area contributed by atoms with E-state index in [-0.39, 0.29) is 11.7 Å². The molecule has 0 spiro atoms. The molecule has 0 aliphatic heterocycles. The second-order valence-corrected chi connectivity index (χ2v) is 6.24. The third-order valence-electron chi connectivity index (χ3n) is 4.12. The summed E-state index contributed by atoms with van der Waals surface area (Å²) in [5.74, 6) is 1.05. The lowest BCUT2D eigenvalue weighted by molar-refractivity contribution is -0.274. The number of aliphatic hydroxyl groups is 1. The molecule has 0 radical (unpaired) electrons. The molecule has 1 fully saturated rings.